The van der Waals surface area contributed by atoms with Crippen LogP contribution in [0.25, 0.3) is 0 Å². The fourth-order valence-corrected chi connectivity index (χ4v) is 1.28. The molecule has 1 rings (SSSR count). The lowest BCUT2D eigenvalue weighted by molar-refractivity contribution is 0.184. The molecule has 0 aliphatic rings. The average Bonchev–Trinajstić information content (AvgIpc) is 2.37. The molecule has 1 heterocycles. The number of thiazole rings is 1. The van der Waals surface area contributed by atoms with Crippen LogP contribution in [0.1, 0.15) is 5.01 Å². The van der Waals surface area contributed by atoms with Gasteiger partial charge in [0.25, 0.3) is 0 Å². The Hall–Kier alpha value is -0.610. The van der Waals surface area contributed by atoms with E-state index in [4.69, 9.17) is 9.47 Å². The fraction of sp³-hybridized carbons (Fsp3) is 0.500. The van der Waals surface area contributed by atoms with Crippen LogP contribution in [0.2, 0.25) is 0 Å². The van der Waals surface area contributed by atoms with Gasteiger partial charge in [-0.1, -0.05) is 11.3 Å². The Bertz CT molecular complexity index is 199. The topological polar surface area (TPSA) is 31.4 Å². The minimum Gasteiger partial charge on any atom is -0.486 e. The van der Waals surface area contributed by atoms with Crippen molar-refractivity contribution in [1.29, 1.82) is 0 Å². The van der Waals surface area contributed by atoms with Crippen LogP contribution < -0.4 is 4.74 Å². The zero-order valence-electron chi connectivity index (χ0n) is 5.96. The molecule has 4 heteroatoms. The highest BCUT2D eigenvalue weighted by molar-refractivity contribution is 7.13. The first-order valence-corrected chi connectivity index (χ1v) is 3.66. The molecule has 0 radical (unpaired) electrons. The molecule has 0 unspecified atom stereocenters. The van der Waals surface area contributed by atoms with E-state index >= 15 is 0 Å². The molecule has 10 heavy (non-hydrogen) atoms. The minimum absolute atomic E-state index is 0.564. The lowest BCUT2D eigenvalue weighted by atomic mass is 10.7. The minimum atomic E-state index is 0.564. The molecule has 0 amide bonds. The Labute approximate surface area is 63.6 Å². The van der Waals surface area contributed by atoms with Crippen molar-refractivity contribution in [2.24, 2.45) is 0 Å². The van der Waals surface area contributed by atoms with E-state index < -0.39 is 0 Å². The van der Waals surface area contributed by atoms with Gasteiger partial charge in [-0.05, 0) is 0 Å². The van der Waals surface area contributed by atoms with Crippen molar-refractivity contribution in [3.8, 4) is 5.06 Å². The zero-order valence-corrected chi connectivity index (χ0v) is 6.77. The van der Waals surface area contributed by atoms with Gasteiger partial charge in [0.05, 0.1) is 19.9 Å². The highest BCUT2D eigenvalue weighted by Crippen LogP contribution is 2.20. The zero-order chi connectivity index (χ0) is 7.40. The largest absolute Gasteiger partial charge is 0.486 e. The van der Waals surface area contributed by atoms with Crippen LogP contribution in [0.4, 0.5) is 0 Å². The second kappa shape index (κ2) is 3.53. The number of ether oxygens (including phenoxy) is 2. The molecule has 0 atom stereocenters. The van der Waals surface area contributed by atoms with Crippen LogP contribution >= 0.6 is 11.3 Å². The van der Waals surface area contributed by atoms with Crippen molar-refractivity contribution in [2.45, 2.75) is 6.61 Å². The molecular formula is C6H9NO2S. The summed E-state index contributed by atoms with van der Waals surface area (Å²) in [6.07, 6.45) is 1.69. The third kappa shape index (κ3) is 1.68. The van der Waals surface area contributed by atoms with Crippen LogP contribution in [0.15, 0.2) is 6.20 Å². The van der Waals surface area contributed by atoms with Gasteiger partial charge in [-0.25, -0.2) is 4.98 Å². The molecule has 0 fully saturated rings. The molecular weight excluding hydrogens is 150 g/mol. The summed E-state index contributed by atoms with van der Waals surface area (Å²) >= 11 is 1.50. The van der Waals surface area contributed by atoms with E-state index in [1.165, 1.54) is 11.3 Å². The second-order valence-corrected chi connectivity index (χ2v) is 2.79. The average molecular weight is 159 g/mol. The molecule has 0 saturated carbocycles. The monoisotopic (exact) mass is 159 g/mol. The number of hydrogen-bond donors (Lipinski definition) is 0. The number of aromatic nitrogens is 1. The standard InChI is InChI=1S/C6H9NO2S/c1-8-4-5-7-3-6(9-2)10-5/h3H,4H2,1-2H3. The summed E-state index contributed by atoms with van der Waals surface area (Å²) < 4.78 is 9.82. The molecule has 0 aromatic carbocycles. The molecule has 0 spiro atoms. The smallest absolute Gasteiger partial charge is 0.193 e. The summed E-state index contributed by atoms with van der Waals surface area (Å²) in [6.45, 7) is 0.564. The summed E-state index contributed by atoms with van der Waals surface area (Å²) in [6, 6.07) is 0. The van der Waals surface area contributed by atoms with E-state index in [1.54, 1.807) is 20.4 Å². The highest BCUT2D eigenvalue weighted by Gasteiger charge is 1.98. The Morgan fingerprint density at radius 3 is 2.90 bits per heavy atom. The molecule has 1 aromatic rings. The predicted octanol–water partition coefficient (Wildman–Crippen LogP) is 1.30. The van der Waals surface area contributed by atoms with Crippen LogP contribution in [0.3, 0.4) is 0 Å². The molecule has 0 saturated heterocycles. The number of nitrogens with zero attached hydrogens (tertiary/aromatic N) is 1. The second-order valence-electron chi connectivity index (χ2n) is 1.71. The summed E-state index contributed by atoms with van der Waals surface area (Å²) in [7, 11) is 3.28. The van der Waals surface area contributed by atoms with Crippen molar-refractivity contribution < 1.29 is 9.47 Å². The van der Waals surface area contributed by atoms with E-state index in [0.717, 1.165) is 10.1 Å². The third-order valence-electron chi connectivity index (χ3n) is 1.00. The van der Waals surface area contributed by atoms with Crippen LogP contribution in [0.5, 0.6) is 5.06 Å². The van der Waals surface area contributed by atoms with E-state index in [2.05, 4.69) is 4.98 Å². The van der Waals surface area contributed by atoms with Gasteiger partial charge in [-0.15, -0.1) is 0 Å². The van der Waals surface area contributed by atoms with Gasteiger partial charge < -0.3 is 9.47 Å². The van der Waals surface area contributed by atoms with Crippen LogP contribution in [-0.4, -0.2) is 19.2 Å². The quantitative estimate of drug-likeness (QED) is 0.666. The van der Waals surface area contributed by atoms with Gasteiger partial charge in [-0.3, -0.25) is 0 Å². The van der Waals surface area contributed by atoms with Crippen LogP contribution in [0, 0.1) is 0 Å². The predicted molar refractivity (Wildman–Crippen MR) is 39.4 cm³/mol. The number of methoxy groups -OCH3 is 2. The van der Waals surface area contributed by atoms with Gasteiger partial charge in [-0.2, -0.15) is 0 Å². The molecule has 1 aromatic heterocycles. The van der Waals surface area contributed by atoms with Crippen molar-refractivity contribution in [3.05, 3.63) is 11.2 Å². The number of rotatable bonds is 3. The Morgan fingerprint density at radius 1 is 1.60 bits per heavy atom. The summed E-state index contributed by atoms with van der Waals surface area (Å²) in [5.74, 6) is 0. The normalized spacial score (nSPS) is 9.80. The maximum Gasteiger partial charge on any atom is 0.193 e. The number of hydrogen-bond acceptors (Lipinski definition) is 4. The Kier molecular flexibility index (Phi) is 2.65. The maximum absolute atomic E-state index is 4.94. The van der Waals surface area contributed by atoms with E-state index in [-0.39, 0.29) is 0 Å². The molecule has 0 bridgehead atoms. The molecule has 56 valence electrons. The lowest BCUT2D eigenvalue weighted by Gasteiger charge is -1.89. The van der Waals surface area contributed by atoms with Crippen molar-refractivity contribution in [1.82, 2.24) is 4.98 Å². The third-order valence-corrected chi connectivity index (χ3v) is 1.93. The molecule has 0 aliphatic heterocycles. The Morgan fingerprint density at radius 2 is 2.40 bits per heavy atom. The Balaban J connectivity index is 2.59. The maximum atomic E-state index is 4.94. The fourth-order valence-electron chi connectivity index (χ4n) is 0.578. The summed E-state index contributed by atoms with van der Waals surface area (Å²) in [5.41, 5.74) is 0. The molecule has 0 aliphatic carbocycles. The van der Waals surface area contributed by atoms with Gasteiger partial charge in [0.2, 0.25) is 0 Å². The van der Waals surface area contributed by atoms with Crippen molar-refractivity contribution in [3.63, 3.8) is 0 Å². The highest BCUT2D eigenvalue weighted by atomic mass is 32.1. The van der Waals surface area contributed by atoms with E-state index in [0.29, 0.717) is 6.61 Å². The van der Waals surface area contributed by atoms with E-state index in [9.17, 15) is 0 Å². The summed E-state index contributed by atoms with van der Waals surface area (Å²) in [5, 5.41) is 1.77. The van der Waals surface area contributed by atoms with Gasteiger partial charge in [0.1, 0.15) is 5.01 Å². The first kappa shape index (κ1) is 7.50. The molecule has 0 N–H and O–H groups in total. The van der Waals surface area contributed by atoms with Gasteiger partial charge in [0, 0.05) is 7.11 Å². The SMILES string of the molecule is COCc1ncc(OC)s1. The first-order valence-electron chi connectivity index (χ1n) is 2.84. The molecule has 3 nitrogen and oxygen atoms in total. The lowest BCUT2D eigenvalue weighted by Crippen LogP contribution is -1.82. The van der Waals surface area contributed by atoms with Crippen molar-refractivity contribution in [2.75, 3.05) is 14.2 Å². The van der Waals surface area contributed by atoms with Gasteiger partial charge in [0.15, 0.2) is 5.06 Å². The van der Waals surface area contributed by atoms with Crippen LogP contribution in [-0.2, 0) is 11.3 Å². The first-order chi connectivity index (χ1) is 4.86. The van der Waals surface area contributed by atoms with E-state index in [1.807, 2.05) is 0 Å². The van der Waals surface area contributed by atoms with Gasteiger partial charge >= 0.3 is 0 Å². The van der Waals surface area contributed by atoms with Crippen molar-refractivity contribution >= 4 is 11.3 Å². The summed E-state index contributed by atoms with van der Waals surface area (Å²) in [4.78, 5) is 4.05.